The molecule has 8 aromatic carbocycles. The SMILES string of the molecule is Fc1cc(F)c2[nH]nc(Nc3nc(-c4ccccc4C(F)(F)F)nc4nccnc34)c2c1.Fc1ccc2[nH]nc(Nc3nc(-c4ccccc4C(F)(F)F)nc4c3OCC4)c2c1.Fc1ccc2[nH]nc(Nc3nc(-c4ccccc4C(F)(F)F)nc4c3OCCC4)c2c1.Fc1ccc2[nH]nc(Nc3nc(-c4ccccc4Cl)nc4nccnc34)c2c1. The van der Waals surface area contributed by atoms with Gasteiger partial charge in [0.2, 0.25) is 0 Å². The summed E-state index contributed by atoms with van der Waals surface area (Å²) in [4.78, 5) is 51.5. The Morgan fingerprint density at radius 2 is 0.702 bits per heavy atom. The van der Waals surface area contributed by atoms with Crippen LogP contribution in [-0.2, 0) is 31.4 Å². The van der Waals surface area contributed by atoms with Crippen LogP contribution in [0.25, 0.3) is 111 Å². The number of aryl methyl sites for hydroxylation is 1. The number of aromatic nitrogens is 20. The number of anilines is 8. The smallest absolute Gasteiger partial charge is 0.417 e. The van der Waals surface area contributed by atoms with E-state index in [4.69, 9.17) is 21.1 Å². The van der Waals surface area contributed by atoms with Crippen molar-refractivity contribution in [1.29, 1.82) is 0 Å². The van der Waals surface area contributed by atoms with Crippen LogP contribution < -0.4 is 30.7 Å². The molecule has 2 aliphatic heterocycles. The number of nitrogens with one attached hydrogen (secondary N) is 8. The highest BCUT2D eigenvalue weighted by Crippen LogP contribution is 2.44. The largest absolute Gasteiger partial charge is 0.488 e. The molecule has 0 fully saturated rings. The maximum Gasteiger partial charge on any atom is 0.417 e. The summed E-state index contributed by atoms with van der Waals surface area (Å²) >= 11 is 6.31. The highest BCUT2D eigenvalue weighted by Gasteiger charge is 2.38. The zero-order chi connectivity index (χ0) is 84.0. The predicted octanol–water partition coefficient (Wildman–Crippen LogP) is 19.6. The Hall–Kier alpha value is -15.3. The first-order valence-electron chi connectivity index (χ1n) is 35.9. The van der Waals surface area contributed by atoms with Crippen molar-refractivity contribution in [3.63, 3.8) is 0 Å². The fourth-order valence-corrected chi connectivity index (χ4v) is 13.3. The van der Waals surface area contributed by atoms with Crippen molar-refractivity contribution in [3.8, 4) is 57.1 Å². The van der Waals surface area contributed by atoms with Crippen LogP contribution in [0.5, 0.6) is 11.5 Å². The number of alkyl halides is 9. The van der Waals surface area contributed by atoms with Gasteiger partial charge in [-0.2, -0.15) is 59.9 Å². The van der Waals surface area contributed by atoms with Crippen molar-refractivity contribution in [2.45, 2.75) is 37.8 Å². The molecule has 0 unspecified atom stereocenters. The lowest BCUT2D eigenvalue weighted by Crippen LogP contribution is -2.15. The molecule has 2 aliphatic rings. The summed E-state index contributed by atoms with van der Waals surface area (Å²) in [5, 5.41) is 41.2. The Kier molecular flexibility index (Phi) is 20.7. The van der Waals surface area contributed by atoms with Gasteiger partial charge in [0.1, 0.15) is 28.8 Å². The molecular formula is C80H49ClF14N24O2. The molecule has 0 spiro atoms. The van der Waals surface area contributed by atoms with Crippen LogP contribution in [-0.4, -0.2) is 114 Å². The standard InChI is InChI=1S/C21H15F4N5O.C20H10F5N7.C20H13F4N5O.C19H11ClFN7/c22-11-7-8-15-13(10-11)19(30-29-15)28-20-17-16(6-3-9-31-17)26-18(27-20)12-4-1-2-5-14(12)21(23,24)25;21-9-7-11-14(13(22)8-9)31-32-17(11)30-19-15-18(27-6-5-26-15)28-16(29-19)10-3-1-2-4-12(10)20(23,24)25;21-10-5-6-14-12(9-10)18(29-28-14)27-19-16-15(7-8-30-16)25-17(26-19)11-3-1-2-4-13(11)20(22,23)24;20-13-4-2-1-3-11(13)16-24-18-15(22-7-8-23-18)19(25-16)26-17-12-9-10(21)5-6-14(12)27-28-17/h1-2,4-5,7-8,10H,3,6,9H2,(H2,26,27,28,29,30);1-8H,(H2,27,28,29,30,31,32);1-6,9H,7-8H2,(H2,25,26,27,28,29);1-9H,(H2,23,24,25,26,27,28). The molecule has 41 heteroatoms. The third-order valence-corrected chi connectivity index (χ3v) is 18.9. The Labute approximate surface area is 672 Å². The first-order valence-corrected chi connectivity index (χ1v) is 36.3. The normalized spacial score (nSPS) is 12.6. The second-order valence-corrected chi connectivity index (χ2v) is 26.8. The topological polar surface area (TPSA) is 336 Å². The molecule has 0 bridgehead atoms. The number of hydrogen-bond donors (Lipinski definition) is 8. The number of benzene rings is 8. The summed E-state index contributed by atoms with van der Waals surface area (Å²) in [5.74, 6) is -0.587. The van der Waals surface area contributed by atoms with E-state index in [2.05, 4.69) is 122 Å². The van der Waals surface area contributed by atoms with Crippen molar-refractivity contribution in [1.82, 2.24) is 101 Å². The van der Waals surface area contributed by atoms with Gasteiger partial charge in [-0.1, -0.05) is 78.3 Å². The van der Waals surface area contributed by atoms with E-state index in [1.54, 1.807) is 30.6 Å². The highest BCUT2D eigenvalue weighted by molar-refractivity contribution is 6.33. The molecule has 606 valence electrons. The predicted molar refractivity (Wildman–Crippen MR) is 416 cm³/mol. The van der Waals surface area contributed by atoms with E-state index < -0.39 is 58.5 Å². The fourth-order valence-electron chi connectivity index (χ4n) is 13.1. The molecule has 8 N–H and O–H groups in total. The number of ether oxygens (including phenoxy) is 2. The van der Waals surface area contributed by atoms with Crippen LogP contribution in [0, 0.1) is 29.1 Å². The summed E-state index contributed by atoms with van der Waals surface area (Å²) in [6.45, 7) is 0.762. The van der Waals surface area contributed by atoms with E-state index in [9.17, 15) is 61.5 Å². The van der Waals surface area contributed by atoms with Crippen molar-refractivity contribution in [2.75, 3.05) is 34.5 Å². The first kappa shape index (κ1) is 78.3. The van der Waals surface area contributed by atoms with Gasteiger partial charge in [0, 0.05) is 75.7 Å². The first-order chi connectivity index (χ1) is 58.3. The van der Waals surface area contributed by atoms with Gasteiger partial charge in [0.15, 0.2) is 109 Å². The van der Waals surface area contributed by atoms with E-state index in [0.717, 1.165) is 24.3 Å². The summed E-state index contributed by atoms with van der Waals surface area (Å²) in [7, 11) is 0. The van der Waals surface area contributed by atoms with E-state index in [-0.39, 0.29) is 97.0 Å². The average Bonchev–Trinajstić information content (AvgIpc) is 1.77. The van der Waals surface area contributed by atoms with Gasteiger partial charge in [-0.25, -0.2) is 81.8 Å². The van der Waals surface area contributed by atoms with Gasteiger partial charge in [0.25, 0.3) is 0 Å². The molecule has 10 aromatic heterocycles. The van der Waals surface area contributed by atoms with Gasteiger partial charge in [-0.05, 0) is 104 Å². The molecule has 26 nitrogen and oxygen atoms in total. The van der Waals surface area contributed by atoms with Gasteiger partial charge in [-0.15, -0.1) is 0 Å². The molecule has 121 heavy (non-hydrogen) atoms. The Balaban J connectivity index is 0.000000115. The van der Waals surface area contributed by atoms with E-state index in [1.807, 2.05) is 18.2 Å². The van der Waals surface area contributed by atoms with Crippen molar-refractivity contribution < 1.29 is 70.9 Å². The second-order valence-electron chi connectivity index (χ2n) is 26.4. The number of halogens is 15. The van der Waals surface area contributed by atoms with Crippen molar-refractivity contribution in [2.24, 2.45) is 0 Å². The summed E-state index contributed by atoms with van der Waals surface area (Å²) < 4.78 is 202. The van der Waals surface area contributed by atoms with Crippen LogP contribution in [0.1, 0.15) is 34.5 Å². The molecule has 18 aromatic rings. The molecule has 0 aliphatic carbocycles. The number of aromatic amines is 4. The molecule has 20 rings (SSSR count). The molecule has 0 saturated heterocycles. The number of fused-ring (bicyclic) bond motifs is 8. The minimum absolute atomic E-state index is 0.000824. The molecule has 0 atom stereocenters. The van der Waals surface area contributed by atoms with E-state index in [1.165, 1.54) is 109 Å². The van der Waals surface area contributed by atoms with Gasteiger partial charge >= 0.3 is 18.5 Å². The van der Waals surface area contributed by atoms with Crippen LogP contribution in [0.4, 0.5) is 108 Å². The maximum absolute atomic E-state index is 14.0. The number of nitrogens with zero attached hydrogens (tertiary/aromatic N) is 16. The lowest BCUT2D eigenvalue weighted by molar-refractivity contribution is -0.137. The van der Waals surface area contributed by atoms with Crippen LogP contribution in [0.2, 0.25) is 5.02 Å². The molecule has 0 amide bonds. The Morgan fingerprint density at radius 3 is 1.16 bits per heavy atom. The lowest BCUT2D eigenvalue weighted by Gasteiger charge is -2.21. The zero-order valence-electron chi connectivity index (χ0n) is 61.1. The summed E-state index contributed by atoms with van der Waals surface area (Å²) in [6.07, 6.45) is -6.33. The fraction of sp³-hybridized carbons (Fsp3) is 0.100. The van der Waals surface area contributed by atoms with Crippen molar-refractivity contribution >= 4 is 124 Å². The lowest BCUT2D eigenvalue weighted by atomic mass is 10.1. The quantitative estimate of drug-likeness (QED) is 0.0527. The van der Waals surface area contributed by atoms with Crippen molar-refractivity contribution in [3.05, 3.63) is 251 Å². The molecule has 0 radical (unpaired) electrons. The zero-order valence-corrected chi connectivity index (χ0v) is 61.8. The molecule has 0 saturated carbocycles. The second kappa shape index (κ2) is 32.0. The van der Waals surface area contributed by atoms with E-state index >= 15 is 0 Å². The van der Waals surface area contributed by atoms with Crippen LogP contribution >= 0.6 is 11.6 Å². The third-order valence-electron chi connectivity index (χ3n) is 18.6. The highest BCUT2D eigenvalue weighted by atomic mass is 35.5. The Bertz CT molecular complexity index is 7030. The van der Waals surface area contributed by atoms with Crippen LogP contribution in [0.15, 0.2) is 189 Å². The molecular weight excluding hydrogens is 1630 g/mol. The third kappa shape index (κ3) is 16.3. The van der Waals surface area contributed by atoms with Gasteiger partial charge in [0.05, 0.1) is 68.3 Å². The monoisotopic (exact) mass is 1680 g/mol. The molecule has 12 heterocycles. The number of rotatable bonds is 12. The van der Waals surface area contributed by atoms with Gasteiger partial charge < -0.3 is 30.7 Å². The van der Waals surface area contributed by atoms with Gasteiger partial charge in [-0.3, -0.25) is 20.4 Å². The maximum atomic E-state index is 14.0. The number of H-pyrrole nitrogens is 4. The number of hydrogen-bond acceptors (Lipinski definition) is 22. The van der Waals surface area contributed by atoms with Crippen LogP contribution in [0.3, 0.4) is 0 Å². The summed E-state index contributed by atoms with van der Waals surface area (Å²) in [6, 6.07) is 36.7. The minimum Gasteiger partial charge on any atom is -0.488 e. The minimum atomic E-state index is -4.64. The summed E-state index contributed by atoms with van der Waals surface area (Å²) in [5.41, 5.74) is 1.38. The van der Waals surface area contributed by atoms with E-state index in [0.29, 0.717) is 133 Å². The Morgan fingerprint density at radius 1 is 0.339 bits per heavy atom. The average molecular weight is 1680 g/mol.